The molecule has 4 rings (SSSR count). The van der Waals surface area contributed by atoms with E-state index in [0.717, 1.165) is 24.7 Å². The summed E-state index contributed by atoms with van der Waals surface area (Å²) in [6, 6.07) is 16.0. The molecule has 9 nitrogen and oxygen atoms in total. The molecule has 184 valence electrons. The number of aliphatic hydroxyl groups is 1. The molecular formula is C26H29N3O6. The molecule has 2 atom stereocenters. The largest absolute Gasteiger partial charge is 0.451 e. The molecule has 0 bridgehead atoms. The highest BCUT2D eigenvalue weighted by Crippen LogP contribution is 2.13. The summed E-state index contributed by atoms with van der Waals surface area (Å²) in [5.74, 6) is -1.46. The third-order valence-electron chi connectivity index (χ3n) is 5.95. The van der Waals surface area contributed by atoms with Crippen molar-refractivity contribution in [1.29, 1.82) is 0 Å². The Morgan fingerprint density at radius 1 is 1.03 bits per heavy atom. The van der Waals surface area contributed by atoms with Gasteiger partial charge in [0.2, 0.25) is 0 Å². The maximum absolute atomic E-state index is 13.0. The molecule has 2 amide bonds. The third-order valence-corrected chi connectivity index (χ3v) is 5.95. The SMILES string of the molecule is O=C(N[C@@H](Cc1ccccc1)[C@@H](O)C(=O)NCCN1CCOCC1)c1cc(=O)c2ccccc2o1. The number of morpholine rings is 1. The molecule has 1 aliphatic heterocycles. The van der Waals surface area contributed by atoms with E-state index in [1.165, 1.54) is 0 Å². The molecule has 3 aromatic rings. The lowest BCUT2D eigenvalue weighted by Crippen LogP contribution is -2.52. The molecule has 35 heavy (non-hydrogen) atoms. The molecule has 1 saturated heterocycles. The number of hydrogen-bond acceptors (Lipinski definition) is 7. The highest BCUT2D eigenvalue weighted by atomic mass is 16.5. The number of carbonyl (C=O) groups excluding carboxylic acids is 2. The van der Waals surface area contributed by atoms with Crippen molar-refractivity contribution in [3.05, 3.63) is 82.2 Å². The second-order valence-electron chi connectivity index (χ2n) is 8.43. The predicted molar refractivity (Wildman–Crippen MR) is 130 cm³/mol. The minimum Gasteiger partial charge on any atom is -0.451 e. The minimum atomic E-state index is -1.50. The van der Waals surface area contributed by atoms with Crippen LogP contribution in [-0.2, 0) is 16.0 Å². The van der Waals surface area contributed by atoms with E-state index in [4.69, 9.17) is 9.15 Å². The molecule has 0 saturated carbocycles. The molecule has 2 aromatic carbocycles. The zero-order valence-electron chi connectivity index (χ0n) is 19.3. The molecule has 9 heteroatoms. The first-order chi connectivity index (χ1) is 17.0. The van der Waals surface area contributed by atoms with E-state index in [2.05, 4.69) is 15.5 Å². The number of rotatable bonds is 9. The van der Waals surface area contributed by atoms with Gasteiger partial charge in [-0.05, 0) is 24.1 Å². The normalized spacial score (nSPS) is 15.9. The molecule has 0 radical (unpaired) electrons. The highest BCUT2D eigenvalue weighted by Gasteiger charge is 2.29. The molecule has 0 unspecified atom stereocenters. The van der Waals surface area contributed by atoms with E-state index >= 15 is 0 Å². The fourth-order valence-corrected chi connectivity index (χ4v) is 4.01. The topological polar surface area (TPSA) is 121 Å². The summed E-state index contributed by atoms with van der Waals surface area (Å²) in [5, 5.41) is 16.6. The quantitative estimate of drug-likeness (QED) is 0.418. The van der Waals surface area contributed by atoms with Crippen LogP contribution in [0.3, 0.4) is 0 Å². The molecule has 1 aliphatic rings. The van der Waals surface area contributed by atoms with Crippen LogP contribution in [0.4, 0.5) is 0 Å². The lowest BCUT2D eigenvalue weighted by Gasteiger charge is -2.27. The van der Waals surface area contributed by atoms with Crippen LogP contribution in [0.15, 0.2) is 69.9 Å². The van der Waals surface area contributed by atoms with E-state index < -0.39 is 24.0 Å². The van der Waals surface area contributed by atoms with Gasteiger partial charge in [0.15, 0.2) is 17.3 Å². The Hall–Kier alpha value is -3.53. The Kier molecular flexibility index (Phi) is 8.25. The molecule has 2 heterocycles. The summed E-state index contributed by atoms with van der Waals surface area (Å²) < 4.78 is 10.9. The van der Waals surface area contributed by atoms with Crippen molar-refractivity contribution in [3.8, 4) is 0 Å². The Morgan fingerprint density at radius 3 is 2.51 bits per heavy atom. The first-order valence-corrected chi connectivity index (χ1v) is 11.6. The fraction of sp³-hybridized carbons (Fsp3) is 0.346. The molecule has 0 spiro atoms. The van der Waals surface area contributed by atoms with Gasteiger partial charge in [0, 0.05) is 32.2 Å². The number of benzene rings is 2. The van der Waals surface area contributed by atoms with E-state index in [1.54, 1.807) is 24.3 Å². The zero-order valence-corrected chi connectivity index (χ0v) is 19.3. The lowest BCUT2D eigenvalue weighted by molar-refractivity contribution is -0.130. The van der Waals surface area contributed by atoms with Crippen LogP contribution >= 0.6 is 0 Å². The van der Waals surface area contributed by atoms with Crippen molar-refractivity contribution >= 4 is 22.8 Å². The van der Waals surface area contributed by atoms with Gasteiger partial charge in [0.25, 0.3) is 11.8 Å². The van der Waals surface area contributed by atoms with Gasteiger partial charge in [-0.15, -0.1) is 0 Å². The van der Waals surface area contributed by atoms with Crippen LogP contribution in [0.5, 0.6) is 0 Å². The summed E-state index contributed by atoms with van der Waals surface area (Å²) >= 11 is 0. The standard InChI is InChI=1S/C26H29N3O6/c30-21-17-23(35-22-9-5-4-8-19(21)22)25(32)28-20(16-18-6-2-1-3-7-18)24(31)26(33)27-10-11-29-12-14-34-15-13-29/h1-9,17,20,24,31H,10-16H2,(H,27,33)(H,28,32)/t20-,24+/m0/s1. The van der Waals surface area contributed by atoms with Crippen LogP contribution in [-0.4, -0.2) is 73.4 Å². The Balaban J connectivity index is 1.46. The van der Waals surface area contributed by atoms with Gasteiger partial charge in [-0.25, -0.2) is 0 Å². The second-order valence-corrected chi connectivity index (χ2v) is 8.43. The summed E-state index contributed by atoms with van der Waals surface area (Å²) in [5.41, 5.74) is 0.766. The Bertz CT molecular complexity index is 1210. The van der Waals surface area contributed by atoms with Gasteiger partial charge in [-0.3, -0.25) is 19.3 Å². The van der Waals surface area contributed by atoms with Crippen molar-refractivity contribution < 1.29 is 23.8 Å². The smallest absolute Gasteiger partial charge is 0.287 e. The summed E-state index contributed by atoms with van der Waals surface area (Å²) in [4.78, 5) is 40.3. The van der Waals surface area contributed by atoms with Crippen LogP contribution in [0.1, 0.15) is 16.1 Å². The van der Waals surface area contributed by atoms with Gasteiger partial charge in [0.1, 0.15) is 5.58 Å². The summed E-state index contributed by atoms with van der Waals surface area (Å²) in [6.45, 7) is 3.91. The zero-order chi connectivity index (χ0) is 24.6. The van der Waals surface area contributed by atoms with Crippen LogP contribution in [0.25, 0.3) is 11.0 Å². The van der Waals surface area contributed by atoms with Crippen molar-refractivity contribution in [2.24, 2.45) is 0 Å². The van der Waals surface area contributed by atoms with Gasteiger partial charge in [-0.1, -0.05) is 42.5 Å². The van der Waals surface area contributed by atoms with E-state index in [0.29, 0.717) is 31.7 Å². The lowest BCUT2D eigenvalue weighted by atomic mass is 10.0. The average Bonchev–Trinajstić information content (AvgIpc) is 2.89. The number of nitrogens with zero attached hydrogens (tertiary/aromatic N) is 1. The average molecular weight is 480 g/mol. The number of aliphatic hydroxyl groups excluding tert-OH is 1. The molecule has 1 aromatic heterocycles. The van der Waals surface area contributed by atoms with Crippen molar-refractivity contribution in [2.45, 2.75) is 18.6 Å². The number of carbonyl (C=O) groups is 2. The summed E-state index contributed by atoms with van der Waals surface area (Å²) in [6.07, 6.45) is -1.29. The van der Waals surface area contributed by atoms with E-state index in [9.17, 15) is 19.5 Å². The number of para-hydroxylation sites is 1. The number of hydrogen-bond donors (Lipinski definition) is 3. The summed E-state index contributed by atoms with van der Waals surface area (Å²) in [7, 11) is 0. The van der Waals surface area contributed by atoms with Crippen molar-refractivity contribution in [1.82, 2.24) is 15.5 Å². The molecule has 3 N–H and O–H groups in total. The number of ether oxygens (including phenoxy) is 1. The number of nitrogens with one attached hydrogen (secondary N) is 2. The van der Waals surface area contributed by atoms with Crippen molar-refractivity contribution in [2.75, 3.05) is 39.4 Å². The monoisotopic (exact) mass is 479 g/mol. The minimum absolute atomic E-state index is 0.188. The number of fused-ring (bicyclic) bond motifs is 1. The maximum Gasteiger partial charge on any atom is 0.287 e. The highest BCUT2D eigenvalue weighted by molar-refractivity contribution is 5.94. The molecule has 1 fully saturated rings. The third kappa shape index (κ3) is 6.54. The van der Waals surface area contributed by atoms with Gasteiger partial charge in [-0.2, -0.15) is 0 Å². The predicted octanol–water partition coefficient (Wildman–Crippen LogP) is 0.943. The Morgan fingerprint density at radius 2 is 1.74 bits per heavy atom. The van der Waals surface area contributed by atoms with Crippen LogP contribution in [0, 0.1) is 0 Å². The van der Waals surface area contributed by atoms with Gasteiger partial charge in [0.05, 0.1) is 24.6 Å². The van der Waals surface area contributed by atoms with Gasteiger partial charge >= 0.3 is 0 Å². The van der Waals surface area contributed by atoms with E-state index in [-0.39, 0.29) is 23.2 Å². The second kappa shape index (κ2) is 11.7. The maximum atomic E-state index is 13.0. The first-order valence-electron chi connectivity index (χ1n) is 11.6. The Labute approximate surface area is 202 Å². The van der Waals surface area contributed by atoms with Crippen LogP contribution in [0.2, 0.25) is 0 Å². The molecular weight excluding hydrogens is 450 g/mol. The van der Waals surface area contributed by atoms with E-state index in [1.807, 2.05) is 30.3 Å². The fourth-order valence-electron chi connectivity index (χ4n) is 4.01. The number of amides is 2. The first kappa shape index (κ1) is 24.6. The van der Waals surface area contributed by atoms with Crippen molar-refractivity contribution in [3.63, 3.8) is 0 Å². The van der Waals surface area contributed by atoms with Crippen LogP contribution < -0.4 is 16.1 Å². The van der Waals surface area contributed by atoms with Gasteiger partial charge < -0.3 is 24.9 Å². The molecule has 0 aliphatic carbocycles.